The van der Waals surface area contributed by atoms with Crippen molar-refractivity contribution in [3.8, 4) is 0 Å². The summed E-state index contributed by atoms with van der Waals surface area (Å²) in [5, 5.41) is 0. The first kappa shape index (κ1) is 13.9. The molecule has 1 aromatic carbocycles. The molecule has 0 bridgehead atoms. The highest BCUT2D eigenvalue weighted by atomic mass is 32.2. The third-order valence-electron chi connectivity index (χ3n) is 2.40. The van der Waals surface area contributed by atoms with Gasteiger partial charge in [-0.25, -0.2) is 0 Å². The first-order valence-electron chi connectivity index (χ1n) is 5.69. The van der Waals surface area contributed by atoms with Crippen LogP contribution >= 0.6 is 0 Å². The molecule has 0 aliphatic carbocycles. The van der Waals surface area contributed by atoms with Crippen molar-refractivity contribution in [2.45, 2.75) is 39.0 Å². The third-order valence-corrected chi connectivity index (χ3v) is 3.84. The largest absolute Gasteiger partial charge is 0.282 e. The molecule has 4 heteroatoms. The zero-order chi connectivity index (χ0) is 13.1. The molecular weight excluding hydrogens is 234 g/mol. The Kier molecular flexibility index (Phi) is 4.46. The fraction of sp³-hybridized carbons (Fsp3) is 0.462. The minimum Gasteiger partial charge on any atom is -0.199 e. The van der Waals surface area contributed by atoms with Gasteiger partial charge in [-0.1, -0.05) is 31.5 Å². The zero-order valence-electron chi connectivity index (χ0n) is 10.8. The summed E-state index contributed by atoms with van der Waals surface area (Å²) in [6.07, 6.45) is 2.16. The average Bonchev–Trinajstić information content (AvgIpc) is 2.15. The van der Waals surface area contributed by atoms with E-state index in [9.17, 15) is 8.42 Å². The van der Waals surface area contributed by atoms with E-state index < -0.39 is 10.0 Å². The van der Waals surface area contributed by atoms with Crippen LogP contribution in [-0.4, -0.2) is 14.6 Å². The summed E-state index contributed by atoms with van der Waals surface area (Å²) in [5.74, 6) is 0.410. The highest BCUT2D eigenvalue weighted by Gasteiger charge is 2.14. The van der Waals surface area contributed by atoms with E-state index in [1.165, 1.54) is 6.21 Å². The van der Waals surface area contributed by atoms with Crippen molar-refractivity contribution in [2.24, 2.45) is 10.3 Å². The maximum absolute atomic E-state index is 11.9. The van der Waals surface area contributed by atoms with E-state index in [-0.39, 0.29) is 0 Å². The monoisotopic (exact) mass is 253 g/mol. The molecule has 1 rings (SSSR count). The summed E-state index contributed by atoms with van der Waals surface area (Å²) in [7, 11) is -3.53. The van der Waals surface area contributed by atoms with Crippen molar-refractivity contribution in [1.82, 2.24) is 0 Å². The van der Waals surface area contributed by atoms with Gasteiger partial charge in [-0.2, -0.15) is 12.8 Å². The predicted molar refractivity (Wildman–Crippen MR) is 71.0 cm³/mol. The molecule has 0 aromatic heterocycles. The van der Waals surface area contributed by atoms with E-state index in [1.54, 1.807) is 19.1 Å². The van der Waals surface area contributed by atoms with Gasteiger partial charge in [-0.15, -0.1) is 0 Å². The van der Waals surface area contributed by atoms with E-state index in [2.05, 4.69) is 4.40 Å². The van der Waals surface area contributed by atoms with Gasteiger partial charge in [-0.05, 0) is 37.8 Å². The fourth-order valence-electron chi connectivity index (χ4n) is 1.50. The molecule has 0 amide bonds. The lowest BCUT2D eigenvalue weighted by Gasteiger charge is -2.04. The second-order valence-electron chi connectivity index (χ2n) is 4.66. The third kappa shape index (κ3) is 3.97. The minimum atomic E-state index is -3.53. The molecule has 0 aliphatic heterocycles. The van der Waals surface area contributed by atoms with Crippen LogP contribution in [0.1, 0.15) is 31.4 Å². The summed E-state index contributed by atoms with van der Waals surface area (Å²) >= 11 is 0. The molecule has 94 valence electrons. The molecule has 0 heterocycles. The summed E-state index contributed by atoms with van der Waals surface area (Å²) in [4.78, 5) is 0.295. The van der Waals surface area contributed by atoms with Crippen LogP contribution in [0.2, 0.25) is 0 Å². The van der Waals surface area contributed by atoms with E-state index in [0.29, 0.717) is 17.2 Å². The normalized spacial score (nSPS) is 12.5. The van der Waals surface area contributed by atoms with Crippen LogP contribution in [0.3, 0.4) is 0 Å². The zero-order valence-corrected chi connectivity index (χ0v) is 11.6. The fourth-order valence-corrected chi connectivity index (χ4v) is 2.60. The summed E-state index contributed by atoms with van der Waals surface area (Å²) in [5.41, 5.74) is 1.79. The van der Waals surface area contributed by atoms with Crippen LogP contribution in [0.15, 0.2) is 27.5 Å². The van der Waals surface area contributed by atoms with Crippen molar-refractivity contribution in [3.05, 3.63) is 29.3 Å². The Balaban J connectivity index is 3.02. The molecule has 0 atom stereocenters. The SMILES string of the molecule is Cc1ccc(S(=O)(=O)/N=C/CC(C)C)c(C)c1. The van der Waals surface area contributed by atoms with E-state index in [4.69, 9.17) is 0 Å². The lowest BCUT2D eigenvalue weighted by Crippen LogP contribution is -2.01. The standard InChI is InChI=1S/C13H19NO2S/c1-10(2)7-8-14-17(15,16)13-6-5-11(3)9-12(13)4/h5-6,8-10H,7H2,1-4H3/b14-8+. The van der Waals surface area contributed by atoms with Crippen LogP contribution in [-0.2, 0) is 10.0 Å². The van der Waals surface area contributed by atoms with Gasteiger partial charge in [0.1, 0.15) is 0 Å². The second-order valence-corrected chi connectivity index (χ2v) is 6.26. The topological polar surface area (TPSA) is 46.5 Å². The highest BCUT2D eigenvalue weighted by Crippen LogP contribution is 2.18. The van der Waals surface area contributed by atoms with Crippen molar-refractivity contribution in [1.29, 1.82) is 0 Å². The van der Waals surface area contributed by atoms with Gasteiger partial charge in [-0.3, -0.25) is 0 Å². The highest BCUT2D eigenvalue weighted by molar-refractivity contribution is 7.90. The van der Waals surface area contributed by atoms with Crippen LogP contribution < -0.4 is 0 Å². The van der Waals surface area contributed by atoms with Crippen LogP contribution in [0.4, 0.5) is 0 Å². The Bertz CT molecular complexity index is 516. The van der Waals surface area contributed by atoms with Gasteiger partial charge < -0.3 is 0 Å². The summed E-state index contributed by atoms with van der Waals surface area (Å²) in [6.45, 7) is 7.77. The number of sulfonamides is 1. The molecule has 0 N–H and O–H groups in total. The first-order chi connectivity index (χ1) is 7.83. The van der Waals surface area contributed by atoms with Crippen molar-refractivity contribution in [2.75, 3.05) is 0 Å². The maximum Gasteiger partial charge on any atom is 0.282 e. The second kappa shape index (κ2) is 5.45. The molecule has 0 aliphatic rings. The number of hydrogen-bond donors (Lipinski definition) is 0. The van der Waals surface area contributed by atoms with Gasteiger partial charge in [0.2, 0.25) is 0 Å². The smallest absolute Gasteiger partial charge is 0.199 e. The molecule has 0 unspecified atom stereocenters. The number of rotatable bonds is 4. The molecule has 0 radical (unpaired) electrons. The van der Waals surface area contributed by atoms with E-state index >= 15 is 0 Å². The molecule has 0 spiro atoms. The van der Waals surface area contributed by atoms with E-state index in [0.717, 1.165) is 11.1 Å². The van der Waals surface area contributed by atoms with Gasteiger partial charge in [0.05, 0.1) is 4.90 Å². The molecule has 1 aromatic rings. The molecular formula is C13H19NO2S. The lowest BCUT2D eigenvalue weighted by molar-refractivity contribution is 0.597. The predicted octanol–water partition coefficient (Wildman–Crippen LogP) is 3.11. The Morgan fingerprint density at radius 1 is 1.29 bits per heavy atom. The van der Waals surface area contributed by atoms with Gasteiger partial charge >= 0.3 is 0 Å². The van der Waals surface area contributed by atoms with Crippen molar-refractivity contribution in [3.63, 3.8) is 0 Å². The van der Waals surface area contributed by atoms with Gasteiger partial charge in [0, 0.05) is 6.21 Å². The molecule has 17 heavy (non-hydrogen) atoms. The Morgan fingerprint density at radius 3 is 2.47 bits per heavy atom. The Hall–Kier alpha value is -1.16. The quantitative estimate of drug-likeness (QED) is 0.774. The van der Waals surface area contributed by atoms with Gasteiger partial charge in [0.15, 0.2) is 0 Å². The van der Waals surface area contributed by atoms with Crippen LogP contribution in [0.25, 0.3) is 0 Å². The Morgan fingerprint density at radius 2 is 1.94 bits per heavy atom. The number of benzene rings is 1. The summed E-state index contributed by atoms with van der Waals surface area (Å²) in [6, 6.07) is 5.26. The molecule has 0 fully saturated rings. The average molecular weight is 253 g/mol. The van der Waals surface area contributed by atoms with Crippen molar-refractivity contribution >= 4 is 16.2 Å². The first-order valence-corrected chi connectivity index (χ1v) is 7.13. The van der Waals surface area contributed by atoms with Crippen molar-refractivity contribution < 1.29 is 8.42 Å². The van der Waals surface area contributed by atoms with Crippen LogP contribution in [0.5, 0.6) is 0 Å². The molecule has 0 saturated heterocycles. The molecule has 3 nitrogen and oxygen atoms in total. The number of hydrogen-bond acceptors (Lipinski definition) is 2. The number of aryl methyl sites for hydroxylation is 2. The molecule has 0 saturated carbocycles. The van der Waals surface area contributed by atoms with Crippen LogP contribution in [0, 0.1) is 19.8 Å². The number of nitrogens with zero attached hydrogens (tertiary/aromatic N) is 1. The maximum atomic E-state index is 11.9. The Labute approximate surface area is 104 Å². The van der Waals surface area contributed by atoms with Gasteiger partial charge in [0.25, 0.3) is 10.0 Å². The summed E-state index contributed by atoms with van der Waals surface area (Å²) < 4.78 is 27.6. The van der Waals surface area contributed by atoms with E-state index in [1.807, 2.05) is 26.8 Å². The lowest BCUT2D eigenvalue weighted by atomic mass is 10.2. The minimum absolute atomic E-state index is 0.295.